The lowest BCUT2D eigenvalue weighted by Crippen LogP contribution is -2.61. The standard InChI is InChI=1S/C98H66BN5/c1-11-35-67(36-12-1)90-91(68-37-13-2-14-38-68)98(74-49-25-8-26-50-74)104(97(90)73-47-23-7-24-48-73)79-65-88-92-89(66-79)101(76-53-29-10-30-54-76)87-64-78(103-95(71-43-19-5-20-44-71)82-57-33-34-58-83(82)96(103)72-45-21-6-22-46-72)60-62-85(87)99(92)84-61-59-77(63-86(84)100(88)75-51-27-9-28-52-75)102-93(69-39-15-3-16-40-69)80-55-31-32-56-81(80)94(102)70-41-17-4-18-42-70/h1-66H. The SMILES string of the molecule is c1ccc(-c2c(-c3ccccc3)c(-c3ccccc3)n(-c3cc4c5c(c3)N(c3ccccc3)c3cc(-n6c(-c7ccccc7)c7ccccc7c6-c6ccccc6)ccc3B5c3ccc(-n5c(-c6ccccc6)c6ccccc6c5-c5ccccc5)cc3N4c3ccccc3)c2-c2ccccc2)cc1. The maximum absolute atomic E-state index is 2.61. The molecule has 0 unspecified atom stereocenters. The summed E-state index contributed by atoms with van der Waals surface area (Å²) in [6, 6.07) is 148. The third-order valence-corrected chi connectivity index (χ3v) is 21.2. The van der Waals surface area contributed by atoms with Gasteiger partial charge in [0.2, 0.25) is 0 Å². The van der Waals surface area contributed by atoms with E-state index in [0.29, 0.717) is 0 Å². The van der Waals surface area contributed by atoms with E-state index in [4.69, 9.17) is 0 Å². The third-order valence-electron chi connectivity index (χ3n) is 21.2. The molecular weight excluding hydrogens is 1260 g/mol. The van der Waals surface area contributed by atoms with Gasteiger partial charge < -0.3 is 23.5 Å². The highest BCUT2D eigenvalue weighted by Gasteiger charge is 2.45. The van der Waals surface area contributed by atoms with Crippen LogP contribution in [0.3, 0.4) is 0 Å². The van der Waals surface area contributed by atoms with Crippen LogP contribution >= 0.6 is 0 Å². The summed E-state index contributed by atoms with van der Waals surface area (Å²) in [6.45, 7) is -0.259. The average Bonchev–Trinajstić information content (AvgIpc) is 1.20. The van der Waals surface area contributed by atoms with Gasteiger partial charge in [-0.25, -0.2) is 0 Å². The number of benzene rings is 15. The number of hydrogen-bond donors (Lipinski definition) is 0. The van der Waals surface area contributed by atoms with E-state index in [-0.39, 0.29) is 6.71 Å². The number of para-hydroxylation sites is 2. The van der Waals surface area contributed by atoms with E-state index in [9.17, 15) is 0 Å². The van der Waals surface area contributed by atoms with Crippen LogP contribution in [0.15, 0.2) is 400 Å². The summed E-state index contributed by atoms with van der Waals surface area (Å²) in [5.41, 5.74) is 31.3. The number of rotatable bonds is 13. The quantitative estimate of drug-likeness (QED) is 0.107. The van der Waals surface area contributed by atoms with Crippen molar-refractivity contribution in [3.05, 3.63) is 400 Å². The molecule has 0 amide bonds. The summed E-state index contributed by atoms with van der Waals surface area (Å²) < 4.78 is 7.69. The normalized spacial score (nSPS) is 12.2. The molecule has 486 valence electrons. The van der Waals surface area contributed by atoms with Crippen molar-refractivity contribution in [3.63, 3.8) is 0 Å². The van der Waals surface area contributed by atoms with Gasteiger partial charge in [-0.3, -0.25) is 0 Å². The van der Waals surface area contributed by atoms with Gasteiger partial charge >= 0.3 is 0 Å². The van der Waals surface area contributed by atoms with E-state index >= 15 is 0 Å². The fraction of sp³-hybridized carbons (Fsp3) is 0. The van der Waals surface area contributed by atoms with Crippen LogP contribution < -0.4 is 26.2 Å². The lowest BCUT2D eigenvalue weighted by atomic mass is 9.33. The zero-order valence-corrected chi connectivity index (χ0v) is 56.9. The second-order valence-corrected chi connectivity index (χ2v) is 27.0. The van der Waals surface area contributed by atoms with E-state index in [0.717, 1.165) is 141 Å². The predicted molar refractivity (Wildman–Crippen MR) is 437 cm³/mol. The van der Waals surface area contributed by atoms with E-state index in [1.54, 1.807) is 0 Å². The Morgan fingerprint density at radius 1 is 0.173 bits per heavy atom. The van der Waals surface area contributed by atoms with Gasteiger partial charge in [0.15, 0.2) is 0 Å². The summed E-state index contributed by atoms with van der Waals surface area (Å²) in [5, 5.41) is 4.76. The maximum Gasteiger partial charge on any atom is 0.252 e. The highest BCUT2D eigenvalue weighted by molar-refractivity contribution is 7.00. The Bertz CT molecular complexity index is 5710. The molecule has 104 heavy (non-hydrogen) atoms. The molecule has 0 spiro atoms. The Kier molecular flexibility index (Phi) is 14.6. The Morgan fingerprint density at radius 3 is 0.692 bits per heavy atom. The monoisotopic (exact) mass is 1320 g/mol. The first kappa shape index (κ1) is 60.3. The van der Waals surface area contributed by atoms with Crippen LogP contribution in [0, 0.1) is 0 Å². The highest BCUT2D eigenvalue weighted by atomic mass is 15.2. The zero-order chi connectivity index (χ0) is 68.6. The molecule has 6 heteroatoms. The van der Waals surface area contributed by atoms with E-state index < -0.39 is 0 Å². The molecule has 0 N–H and O–H groups in total. The maximum atomic E-state index is 2.61. The minimum atomic E-state index is -0.259. The second kappa shape index (κ2) is 25.2. The van der Waals surface area contributed by atoms with Gasteiger partial charge in [0, 0.05) is 78.2 Å². The lowest BCUT2D eigenvalue weighted by Gasteiger charge is -2.45. The second-order valence-electron chi connectivity index (χ2n) is 27.0. The molecule has 0 aliphatic carbocycles. The number of aromatic nitrogens is 3. The van der Waals surface area contributed by atoms with Gasteiger partial charge in [0.05, 0.1) is 39.9 Å². The summed E-state index contributed by atoms with van der Waals surface area (Å²) in [6.07, 6.45) is 0. The van der Waals surface area contributed by atoms with Crippen molar-refractivity contribution < 1.29 is 0 Å². The molecule has 5 heterocycles. The first-order chi connectivity index (χ1) is 51.7. The molecule has 0 radical (unpaired) electrons. The molecule has 3 aromatic heterocycles. The highest BCUT2D eigenvalue weighted by Crippen LogP contribution is 2.54. The molecular formula is C98H66BN5. The van der Waals surface area contributed by atoms with Crippen LogP contribution in [-0.4, -0.2) is 20.4 Å². The summed E-state index contributed by atoms with van der Waals surface area (Å²) in [4.78, 5) is 5.17. The first-order valence-corrected chi connectivity index (χ1v) is 35.9. The van der Waals surface area contributed by atoms with E-state index in [1.807, 2.05) is 0 Å². The van der Waals surface area contributed by atoms with Gasteiger partial charge in [0.25, 0.3) is 6.71 Å². The summed E-state index contributed by atoms with van der Waals surface area (Å²) in [5.74, 6) is 0. The molecule has 5 nitrogen and oxygen atoms in total. The van der Waals surface area contributed by atoms with E-state index in [1.165, 1.54) is 37.9 Å². The van der Waals surface area contributed by atoms with Crippen molar-refractivity contribution in [2.75, 3.05) is 9.80 Å². The molecule has 0 atom stereocenters. The van der Waals surface area contributed by atoms with Crippen molar-refractivity contribution in [1.29, 1.82) is 0 Å². The molecule has 0 bridgehead atoms. The molecule has 2 aliphatic rings. The molecule has 20 rings (SSSR count). The molecule has 0 saturated carbocycles. The molecule has 2 aliphatic heterocycles. The van der Waals surface area contributed by atoms with Crippen LogP contribution in [0.5, 0.6) is 0 Å². The third kappa shape index (κ3) is 9.79. The smallest absolute Gasteiger partial charge is 0.252 e. The van der Waals surface area contributed by atoms with Crippen LogP contribution in [0.25, 0.3) is 128 Å². The number of fused-ring (bicyclic) bond motifs is 6. The number of nitrogens with zero attached hydrogens (tertiary/aromatic N) is 5. The van der Waals surface area contributed by atoms with Crippen LogP contribution in [0.2, 0.25) is 0 Å². The van der Waals surface area contributed by atoms with Gasteiger partial charge in [0.1, 0.15) is 0 Å². The summed E-state index contributed by atoms with van der Waals surface area (Å²) >= 11 is 0. The topological polar surface area (TPSA) is 21.3 Å². The minimum Gasteiger partial charge on any atom is -0.311 e. The van der Waals surface area contributed by atoms with Crippen molar-refractivity contribution in [3.8, 4) is 107 Å². The van der Waals surface area contributed by atoms with Crippen molar-refractivity contribution in [2.45, 2.75) is 0 Å². The first-order valence-electron chi connectivity index (χ1n) is 35.9. The summed E-state index contributed by atoms with van der Waals surface area (Å²) in [7, 11) is 0. The van der Waals surface area contributed by atoms with Gasteiger partial charge in [-0.2, -0.15) is 0 Å². The molecule has 15 aromatic carbocycles. The van der Waals surface area contributed by atoms with Crippen LogP contribution in [0.1, 0.15) is 0 Å². The molecule has 0 saturated heterocycles. The zero-order valence-electron chi connectivity index (χ0n) is 56.9. The number of hydrogen-bond acceptors (Lipinski definition) is 2. The lowest BCUT2D eigenvalue weighted by molar-refractivity contribution is 1.08. The Labute approximate surface area is 605 Å². The van der Waals surface area contributed by atoms with E-state index in [2.05, 4.69) is 424 Å². The average molecular weight is 1320 g/mol. The van der Waals surface area contributed by atoms with Gasteiger partial charge in [-0.05, 0) is 122 Å². The van der Waals surface area contributed by atoms with Crippen molar-refractivity contribution in [2.24, 2.45) is 0 Å². The Morgan fingerprint density at radius 2 is 0.404 bits per heavy atom. The Balaban J connectivity index is 0.952. The van der Waals surface area contributed by atoms with Gasteiger partial charge in [-0.1, -0.05) is 340 Å². The minimum absolute atomic E-state index is 0.259. The van der Waals surface area contributed by atoms with Crippen LogP contribution in [0.4, 0.5) is 34.1 Å². The predicted octanol–water partition coefficient (Wildman–Crippen LogP) is 23.8. The fourth-order valence-corrected chi connectivity index (χ4v) is 16.9. The van der Waals surface area contributed by atoms with Crippen molar-refractivity contribution >= 4 is 78.8 Å². The largest absolute Gasteiger partial charge is 0.311 e. The number of anilines is 6. The fourth-order valence-electron chi connectivity index (χ4n) is 16.9. The molecule has 18 aromatic rings. The van der Waals surface area contributed by atoms with Crippen LogP contribution in [-0.2, 0) is 0 Å². The Hall–Kier alpha value is -13.7. The molecule has 0 fully saturated rings. The van der Waals surface area contributed by atoms with Gasteiger partial charge in [-0.15, -0.1) is 0 Å². The van der Waals surface area contributed by atoms with Crippen molar-refractivity contribution in [1.82, 2.24) is 13.7 Å².